The molecule has 1 aromatic heterocycles. The van der Waals surface area contributed by atoms with Crippen LogP contribution in [0, 0.1) is 0 Å². The van der Waals surface area contributed by atoms with Crippen LogP contribution >= 0.6 is 0 Å². The molecule has 0 radical (unpaired) electrons. The van der Waals surface area contributed by atoms with Gasteiger partial charge < -0.3 is 9.47 Å². The third-order valence-electron chi connectivity index (χ3n) is 2.78. The van der Waals surface area contributed by atoms with E-state index in [1.165, 1.54) is 0 Å². The van der Waals surface area contributed by atoms with Crippen molar-refractivity contribution < 1.29 is 9.47 Å². The second kappa shape index (κ2) is 4.94. The van der Waals surface area contributed by atoms with Gasteiger partial charge in [0.15, 0.2) is 5.75 Å². The maximum atomic E-state index is 5.83. The summed E-state index contributed by atoms with van der Waals surface area (Å²) in [5.41, 5.74) is 0.772. The topological polar surface area (TPSA) is 44.2 Å². The van der Waals surface area contributed by atoms with E-state index in [1.54, 1.807) is 13.3 Å². The summed E-state index contributed by atoms with van der Waals surface area (Å²) in [4.78, 5) is 0. The van der Waals surface area contributed by atoms with Gasteiger partial charge in [-0.05, 0) is 30.3 Å². The Morgan fingerprint density at radius 1 is 0.947 bits per heavy atom. The minimum absolute atomic E-state index is 0.662. The summed E-state index contributed by atoms with van der Waals surface area (Å²) in [7, 11) is 1.63. The van der Waals surface area contributed by atoms with Crippen LogP contribution in [0.15, 0.2) is 54.7 Å². The standard InChI is InChI=1S/C15H12N2O2/c1-18-12-7-8-14-13(9-12)15(10-16-17-14)19-11-5-3-2-4-6-11/h2-10H,1H3. The van der Waals surface area contributed by atoms with Gasteiger partial charge in [0.05, 0.1) is 24.2 Å². The van der Waals surface area contributed by atoms with Crippen LogP contribution in [0.25, 0.3) is 10.9 Å². The molecule has 1 heterocycles. The lowest BCUT2D eigenvalue weighted by Crippen LogP contribution is -1.91. The van der Waals surface area contributed by atoms with Crippen molar-refractivity contribution in [1.82, 2.24) is 10.2 Å². The van der Waals surface area contributed by atoms with E-state index in [4.69, 9.17) is 9.47 Å². The van der Waals surface area contributed by atoms with E-state index >= 15 is 0 Å². The van der Waals surface area contributed by atoms with Gasteiger partial charge in [-0.1, -0.05) is 18.2 Å². The Balaban J connectivity index is 2.07. The average Bonchev–Trinajstić information content (AvgIpc) is 2.48. The molecule has 0 spiro atoms. The molecule has 0 aliphatic rings. The van der Waals surface area contributed by atoms with Crippen molar-refractivity contribution in [2.45, 2.75) is 0 Å². The molecule has 3 rings (SSSR count). The summed E-state index contributed by atoms with van der Waals surface area (Å²) >= 11 is 0. The second-order valence-corrected chi connectivity index (χ2v) is 4.01. The number of benzene rings is 2. The molecule has 3 aromatic rings. The third kappa shape index (κ3) is 2.33. The maximum Gasteiger partial charge on any atom is 0.157 e. The smallest absolute Gasteiger partial charge is 0.157 e. The first-order valence-electron chi connectivity index (χ1n) is 5.89. The molecule has 94 valence electrons. The Morgan fingerprint density at radius 3 is 2.58 bits per heavy atom. The molecule has 0 aliphatic carbocycles. The van der Waals surface area contributed by atoms with Gasteiger partial charge >= 0.3 is 0 Å². The van der Waals surface area contributed by atoms with E-state index < -0.39 is 0 Å². The van der Waals surface area contributed by atoms with E-state index in [1.807, 2.05) is 48.5 Å². The number of nitrogens with zero attached hydrogens (tertiary/aromatic N) is 2. The Labute approximate surface area is 110 Å². The number of rotatable bonds is 3. The number of para-hydroxylation sites is 1. The van der Waals surface area contributed by atoms with Crippen molar-refractivity contribution in [2.24, 2.45) is 0 Å². The first kappa shape index (κ1) is 11.5. The van der Waals surface area contributed by atoms with Crippen LogP contribution in [0.4, 0.5) is 0 Å². The number of hydrogen-bond donors (Lipinski definition) is 0. The summed E-state index contributed by atoms with van der Waals surface area (Å²) in [6.45, 7) is 0. The lowest BCUT2D eigenvalue weighted by molar-refractivity contribution is 0.415. The molecule has 4 heteroatoms. The highest BCUT2D eigenvalue weighted by Gasteiger charge is 2.06. The summed E-state index contributed by atoms with van der Waals surface area (Å²) in [6.07, 6.45) is 1.61. The zero-order valence-corrected chi connectivity index (χ0v) is 10.4. The predicted octanol–water partition coefficient (Wildman–Crippen LogP) is 3.43. The van der Waals surface area contributed by atoms with Crippen LogP contribution in [-0.4, -0.2) is 17.3 Å². The number of fused-ring (bicyclic) bond motifs is 1. The molecular weight excluding hydrogens is 240 g/mol. The Kier molecular flexibility index (Phi) is 2.98. The largest absolute Gasteiger partial charge is 0.497 e. The van der Waals surface area contributed by atoms with Gasteiger partial charge in [-0.3, -0.25) is 0 Å². The molecule has 0 saturated heterocycles. The fourth-order valence-electron chi connectivity index (χ4n) is 1.84. The van der Waals surface area contributed by atoms with E-state index in [9.17, 15) is 0 Å². The Morgan fingerprint density at radius 2 is 1.79 bits per heavy atom. The van der Waals surface area contributed by atoms with Gasteiger partial charge in [0.2, 0.25) is 0 Å². The van der Waals surface area contributed by atoms with Crippen LogP contribution in [-0.2, 0) is 0 Å². The van der Waals surface area contributed by atoms with Crippen molar-refractivity contribution in [3.63, 3.8) is 0 Å². The molecular formula is C15H12N2O2. The van der Waals surface area contributed by atoms with Crippen LogP contribution < -0.4 is 9.47 Å². The number of methoxy groups -OCH3 is 1. The van der Waals surface area contributed by atoms with Gasteiger partial charge in [0.1, 0.15) is 11.5 Å². The van der Waals surface area contributed by atoms with E-state index in [0.717, 1.165) is 22.4 Å². The first-order chi connectivity index (χ1) is 9.36. The van der Waals surface area contributed by atoms with Crippen LogP contribution in [0.2, 0.25) is 0 Å². The van der Waals surface area contributed by atoms with Gasteiger partial charge in [-0.25, -0.2) is 0 Å². The third-order valence-corrected chi connectivity index (χ3v) is 2.78. The lowest BCUT2D eigenvalue weighted by Gasteiger charge is -2.08. The van der Waals surface area contributed by atoms with Gasteiger partial charge in [-0.2, -0.15) is 10.2 Å². The fraction of sp³-hybridized carbons (Fsp3) is 0.0667. The molecule has 0 fully saturated rings. The molecule has 0 atom stereocenters. The molecule has 0 N–H and O–H groups in total. The normalized spacial score (nSPS) is 10.4. The van der Waals surface area contributed by atoms with Crippen molar-refractivity contribution >= 4 is 10.9 Å². The van der Waals surface area contributed by atoms with Crippen LogP contribution in [0.5, 0.6) is 17.2 Å². The SMILES string of the molecule is COc1ccc2nncc(Oc3ccccc3)c2c1. The number of hydrogen-bond acceptors (Lipinski definition) is 4. The summed E-state index contributed by atoms with van der Waals surface area (Å²) in [6, 6.07) is 15.2. The minimum Gasteiger partial charge on any atom is -0.497 e. The zero-order valence-electron chi connectivity index (χ0n) is 10.4. The second-order valence-electron chi connectivity index (χ2n) is 4.01. The average molecular weight is 252 g/mol. The monoisotopic (exact) mass is 252 g/mol. The quantitative estimate of drug-likeness (QED) is 0.716. The first-order valence-corrected chi connectivity index (χ1v) is 5.89. The summed E-state index contributed by atoms with van der Waals surface area (Å²) in [5, 5.41) is 8.90. The predicted molar refractivity (Wildman–Crippen MR) is 72.6 cm³/mol. The highest BCUT2D eigenvalue weighted by molar-refractivity contribution is 5.85. The van der Waals surface area contributed by atoms with Crippen molar-refractivity contribution in [3.8, 4) is 17.2 Å². The van der Waals surface area contributed by atoms with Crippen molar-refractivity contribution in [3.05, 3.63) is 54.7 Å². The Hall–Kier alpha value is -2.62. The number of ether oxygens (including phenoxy) is 2. The zero-order chi connectivity index (χ0) is 13.1. The van der Waals surface area contributed by atoms with E-state index in [0.29, 0.717) is 5.75 Å². The van der Waals surface area contributed by atoms with Crippen LogP contribution in [0.1, 0.15) is 0 Å². The molecule has 0 amide bonds. The lowest BCUT2D eigenvalue weighted by atomic mass is 10.2. The molecule has 0 unspecified atom stereocenters. The van der Waals surface area contributed by atoms with Crippen molar-refractivity contribution in [2.75, 3.05) is 7.11 Å². The van der Waals surface area contributed by atoms with E-state index in [-0.39, 0.29) is 0 Å². The van der Waals surface area contributed by atoms with Gasteiger partial charge in [0.25, 0.3) is 0 Å². The molecule has 19 heavy (non-hydrogen) atoms. The molecule has 0 bridgehead atoms. The molecule has 4 nitrogen and oxygen atoms in total. The van der Waals surface area contributed by atoms with Crippen molar-refractivity contribution in [1.29, 1.82) is 0 Å². The van der Waals surface area contributed by atoms with Gasteiger partial charge in [0, 0.05) is 0 Å². The molecule has 0 aliphatic heterocycles. The fourth-order valence-corrected chi connectivity index (χ4v) is 1.84. The van der Waals surface area contributed by atoms with Gasteiger partial charge in [-0.15, -0.1) is 0 Å². The molecule has 0 saturated carbocycles. The number of aromatic nitrogens is 2. The summed E-state index contributed by atoms with van der Waals surface area (Å²) in [5.74, 6) is 2.19. The van der Waals surface area contributed by atoms with Crippen LogP contribution in [0.3, 0.4) is 0 Å². The Bertz CT molecular complexity index is 699. The summed E-state index contributed by atoms with van der Waals surface area (Å²) < 4.78 is 11.1. The molecule has 2 aromatic carbocycles. The maximum absolute atomic E-state index is 5.83. The highest BCUT2D eigenvalue weighted by Crippen LogP contribution is 2.30. The minimum atomic E-state index is 0.662. The van der Waals surface area contributed by atoms with E-state index in [2.05, 4.69) is 10.2 Å². The highest BCUT2D eigenvalue weighted by atomic mass is 16.5.